The largest absolute Gasteiger partial charge is 0.467 e. The minimum atomic E-state index is -1.69. The average Bonchev–Trinajstić information content (AvgIpc) is 3.70. The third-order valence-electron chi connectivity index (χ3n) is 9.33. The van der Waals surface area contributed by atoms with Crippen molar-refractivity contribution in [1.29, 1.82) is 0 Å². The third-order valence-corrected chi connectivity index (χ3v) is 10.4. The summed E-state index contributed by atoms with van der Waals surface area (Å²) in [6, 6.07) is 12.1. The molecule has 2 aromatic rings. The Morgan fingerprint density at radius 3 is 1.53 bits per heavy atom. The number of amides is 4. The van der Waals surface area contributed by atoms with Crippen molar-refractivity contribution in [1.82, 2.24) is 21.3 Å². The summed E-state index contributed by atoms with van der Waals surface area (Å²) in [5.41, 5.74) is -2.97. The molecule has 0 aromatic heterocycles. The van der Waals surface area contributed by atoms with Crippen LogP contribution in [0.3, 0.4) is 0 Å². The molecule has 4 N–H and O–H groups in total. The fourth-order valence-corrected chi connectivity index (χ4v) is 7.11. The van der Waals surface area contributed by atoms with Crippen molar-refractivity contribution in [3.63, 3.8) is 0 Å². The van der Waals surface area contributed by atoms with Crippen molar-refractivity contribution in [2.75, 3.05) is 20.3 Å². The Bertz CT molecular complexity index is 1650. The lowest BCUT2D eigenvalue weighted by atomic mass is 9.83. The molecular formula is C38H50Br2N4O9. The van der Waals surface area contributed by atoms with Crippen LogP contribution in [-0.4, -0.2) is 78.9 Å². The van der Waals surface area contributed by atoms with Gasteiger partial charge in [-0.1, -0.05) is 83.8 Å². The molecule has 2 aliphatic heterocycles. The number of rotatable bonds is 12. The van der Waals surface area contributed by atoms with Gasteiger partial charge in [0, 0.05) is 21.8 Å². The number of alkyl carbamates (subject to hydrolysis) is 1. The third kappa shape index (κ3) is 9.78. The maximum absolute atomic E-state index is 14.6. The summed E-state index contributed by atoms with van der Waals surface area (Å²) in [6.07, 6.45) is -2.54. The van der Waals surface area contributed by atoms with E-state index in [0.717, 1.165) is 8.95 Å². The predicted molar refractivity (Wildman–Crippen MR) is 203 cm³/mol. The summed E-state index contributed by atoms with van der Waals surface area (Å²) in [5.74, 6) is -3.44. The summed E-state index contributed by atoms with van der Waals surface area (Å²) in [7, 11) is 1.24. The number of carbonyl (C=O) groups is 5. The van der Waals surface area contributed by atoms with Gasteiger partial charge in [0.15, 0.2) is 11.1 Å². The van der Waals surface area contributed by atoms with Gasteiger partial charge in [0.25, 0.3) is 0 Å². The Balaban J connectivity index is 1.72. The lowest BCUT2D eigenvalue weighted by Gasteiger charge is -2.38. The van der Waals surface area contributed by atoms with Crippen molar-refractivity contribution in [3.8, 4) is 0 Å². The van der Waals surface area contributed by atoms with E-state index in [1.807, 2.05) is 0 Å². The van der Waals surface area contributed by atoms with Gasteiger partial charge < -0.3 is 40.2 Å². The first-order chi connectivity index (χ1) is 24.8. The zero-order valence-corrected chi connectivity index (χ0v) is 34.5. The van der Waals surface area contributed by atoms with E-state index >= 15 is 0 Å². The van der Waals surface area contributed by atoms with Crippen molar-refractivity contribution in [2.24, 2.45) is 11.8 Å². The predicted octanol–water partition coefficient (Wildman–Crippen LogP) is 5.41. The van der Waals surface area contributed by atoms with Crippen molar-refractivity contribution in [3.05, 3.63) is 68.6 Å². The molecule has 53 heavy (non-hydrogen) atoms. The Hall–Kier alpha value is -3.53. The number of methoxy groups -OCH3 is 1. The summed E-state index contributed by atoms with van der Waals surface area (Å²) >= 11 is 6.87. The Kier molecular flexibility index (Phi) is 13.8. The van der Waals surface area contributed by atoms with E-state index < -0.39 is 76.7 Å². The molecular weight excluding hydrogens is 816 g/mol. The fraction of sp³-hybridized carbons (Fsp3) is 0.553. The maximum Gasteiger partial charge on any atom is 0.408 e. The zero-order chi connectivity index (χ0) is 39.3. The highest BCUT2D eigenvalue weighted by atomic mass is 79.9. The van der Waals surface area contributed by atoms with Gasteiger partial charge >= 0.3 is 12.1 Å². The number of benzene rings is 2. The summed E-state index contributed by atoms with van der Waals surface area (Å²) in [5, 5.41) is 11.5. The molecule has 15 heteroatoms. The number of carbonyl (C=O) groups excluding carboxylic acids is 5. The molecule has 2 aromatic carbocycles. The van der Waals surface area contributed by atoms with Gasteiger partial charge in [-0.05, 0) is 68.0 Å². The zero-order valence-electron chi connectivity index (χ0n) is 31.3. The van der Waals surface area contributed by atoms with Gasteiger partial charge in [-0.3, -0.25) is 14.4 Å². The molecule has 290 valence electrons. The maximum atomic E-state index is 14.6. The molecule has 0 unspecified atom stereocenters. The molecule has 4 rings (SSSR count). The molecule has 0 spiro atoms. The van der Waals surface area contributed by atoms with Crippen LogP contribution >= 0.6 is 31.9 Å². The van der Waals surface area contributed by atoms with Gasteiger partial charge in [-0.2, -0.15) is 0 Å². The highest BCUT2D eigenvalue weighted by Crippen LogP contribution is 2.41. The van der Waals surface area contributed by atoms with Gasteiger partial charge in [-0.15, -0.1) is 0 Å². The number of halogens is 2. The molecule has 6 atom stereocenters. The molecule has 0 bridgehead atoms. The Morgan fingerprint density at radius 2 is 1.13 bits per heavy atom. The smallest absolute Gasteiger partial charge is 0.408 e. The second-order valence-electron chi connectivity index (χ2n) is 15.1. The Labute approximate surface area is 327 Å². The first-order valence-electron chi connectivity index (χ1n) is 17.6. The van der Waals surface area contributed by atoms with Gasteiger partial charge in [0.1, 0.15) is 29.9 Å². The van der Waals surface area contributed by atoms with Crippen LogP contribution in [0.4, 0.5) is 4.79 Å². The first-order valence-corrected chi connectivity index (χ1v) is 19.2. The monoisotopic (exact) mass is 864 g/mol. The molecule has 4 amide bonds. The molecule has 2 aliphatic rings. The first kappa shape index (κ1) is 42.2. The molecule has 0 saturated carbocycles. The Morgan fingerprint density at radius 1 is 0.717 bits per heavy atom. The topological polar surface area (TPSA) is 170 Å². The molecule has 0 aliphatic carbocycles. The fourth-order valence-electron chi connectivity index (χ4n) is 6.58. The average molecular weight is 867 g/mol. The SMILES string of the molecule is COC(=O)[C@@H](NC(=O)[C@@]1(NC(=O)[C@@H](NC(=O)[C@@]2(NC(=O)OC(C)(C)C)CCO[C@H]2c2ccc(Br)cc2)C(C)C)CCO[C@H]1c1ccc(Br)cc1)C(C)C. The van der Waals surface area contributed by atoms with Crippen LogP contribution in [0, 0.1) is 11.8 Å². The van der Waals surface area contributed by atoms with Crippen LogP contribution in [0.5, 0.6) is 0 Å². The number of hydrogen-bond acceptors (Lipinski definition) is 9. The second-order valence-corrected chi connectivity index (χ2v) is 16.9. The number of hydrogen-bond donors (Lipinski definition) is 4. The van der Waals surface area contributed by atoms with E-state index in [4.69, 9.17) is 18.9 Å². The molecule has 2 saturated heterocycles. The van der Waals surface area contributed by atoms with E-state index in [1.54, 1.807) is 97.0 Å². The highest BCUT2D eigenvalue weighted by molar-refractivity contribution is 9.10. The number of nitrogens with one attached hydrogen (secondary N) is 4. The van der Waals surface area contributed by atoms with E-state index in [-0.39, 0.29) is 32.0 Å². The minimum absolute atomic E-state index is 0.0691. The highest BCUT2D eigenvalue weighted by Gasteiger charge is 2.56. The van der Waals surface area contributed by atoms with Crippen LogP contribution in [0.25, 0.3) is 0 Å². The van der Waals surface area contributed by atoms with E-state index in [9.17, 15) is 24.0 Å². The summed E-state index contributed by atoms with van der Waals surface area (Å²) < 4.78 is 24.4. The van der Waals surface area contributed by atoms with Gasteiger partial charge in [0.05, 0.1) is 20.3 Å². The minimum Gasteiger partial charge on any atom is -0.467 e. The quantitative estimate of drug-likeness (QED) is 0.204. The van der Waals surface area contributed by atoms with E-state index in [1.165, 1.54) is 7.11 Å². The van der Waals surface area contributed by atoms with Crippen molar-refractivity contribution >= 4 is 61.6 Å². The van der Waals surface area contributed by atoms with Crippen LogP contribution < -0.4 is 21.3 Å². The summed E-state index contributed by atoms with van der Waals surface area (Å²) in [6.45, 7) is 12.4. The lowest BCUT2D eigenvalue weighted by molar-refractivity contribution is -0.148. The number of ether oxygens (including phenoxy) is 4. The van der Waals surface area contributed by atoms with E-state index in [0.29, 0.717) is 11.1 Å². The molecule has 13 nitrogen and oxygen atoms in total. The molecule has 2 heterocycles. The van der Waals surface area contributed by atoms with Crippen molar-refractivity contribution in [2.45, 2.75) is 102 Å². The van der Waals surface area contributed by atoms with Crippen LogP contribution in [0.15, 0.2) is 57.5 Å². The summed E-state index contributed by atoms with van der Waals surface area (Å²) in [4.78, 5) is 69.6. The second kappa shape index (κ2) is 17.3. The normalized spacial score (nSPS) is 23.9. The van der Waals surface area contributed by atoms with Crippen LogP contribution in [-0.2, 0) is 38.1 Å². The number of esters is 1. The van der Waals surface area contributed by atoms with Crippen LogP contribution in [0.2, 0.25) is 0 Å². The van der Waals surface area contributed by atoms with Crippen LogP contribution in [0.1, 0.15) is 84.6 Å². The standard InChI is InChI=1S/C38H50Br2N4O9/c1-21(2)27(41-34(48)38(44-35(49)53-36(5,6)7)18-20-52-30(38)24-11-15-26(40)16-12-24)31(45)43-37(33(47)42-28(22(3)4)32(46)50-8)17-19-51-29(37)23-9-13-25(39)14-10-23/h9-16,21-22,27-30H,17-20H2,1-8H3,(H,41,48)(H,42,47)(H,43,45)(H,44,49)/t27-,28-,29-,30-,37+,38+/m0/s1. The van der Waals surface area contributed by atoms with Gasteiger partial charge in [0.2, 0.25) is 17.7 Å². The molecule has 2 fully saturated rings. The molecule has 0 radical (unpaired) electrons. The van der Waals surface area contributed by atoms with Crippen molar-refractivity contribution < 1.29 is 42.9 Å². The lowest BCUT2D eigenvalue weighted by Crippen LogP contribution is -2.68. The van der Waals surface area contributed by atoms with Gasteiger partial charge in [-0.25, -0.2) is 9.59 Å². The van der Waals surface area contributed by atoms with E-state index in [2.05, 4.69) is 53.1 Å².